The van der Waals surface area contributed by atoms with Crippen LogP contribution in [0.3, 0.4) is 0 Å². The van der Waals surface area contributed by atoms with Crippen molar-refractivity contribution in [3.05, 3.63) is 67.6 Å². The molecule has 0 saturated heterocycles. The van der Waals surface area contributed by atoms with E-state index in [1.54, 1.807) is 23.1 Å². The monoisotopic (exact) mass is 499 g/mol. The molecule has 33 heavy (non-hydrogen) atoms. The topological polar surface area (TPSA) is 93.4 Å². The first kappa shape index (κ1) is 23.2. The lowest BCUT2D eigenvalue weighted by Gasteiger charge is -2.30. The van der Waals surface area contributed by atoms with Crippen LogP contribution in [-0.2, 0) is 12.7 Å². The number of β-amino-alcohol motifs (C(OH)–C–C–N with tert-alkyl or cyclic N) is 1. The van der Waals surface area contributed by atoms with Crippen molar-refractivity contribution in [1.82, 2.24) is 19.5 Å². The van der Waals surface area contributed by atoms with Gasteiger partial charge in [-0.2, -0.15) is 18.2 Å². The summed E-state index contributed by atoms with van der Waals surface area (Å²) in [5, 5.41) is 11.0. The summed E-state index contributed by atoms with van der Waals surface area (Å²) in [5.41, 5.74) is 0.428. The van der Waals surface area contributed by atoms with Gasteiger partial charge in [0.1, 0.15) is 16.2 Å². The number of halogens is 4. The van der Waals surface area contributed by atoms with E-state index in [2.05, 4.69) is 15.0 Å². The maximum absolute atomic E-state index is 12.8. The second kappa shape index (κ2) is 9.12. The molecule has 1 aliphatic heterocycles. The van der Waals surface area contributed by atoms with Crippen molar-refractivity contribution in [2.24, 2.45) is 0 Å². The molecule has 0 aromatic carbocycles. The van der Waals surface area contributed by atoms with Gasteiger partial charge in [-0.3, -0.25) is 4.57 Å². The van der Waals surface area contributed by atoms with Crippen LogP contribution in [0.2, 0.25) is 5.02 Å². The third kappa shape index (κ3) is 5.02. The fourth-order valence-electron chi connectivity index (χ4n) is 3.29. The zero-order chi connectivity index (χ0) is 23.8. The number of nitrogens with zero attached hydrogens (tertiary/aromatic N) is 5. The van der Waals surface area contributed by atoms with Gasteiger partial charge in [0.15, 0.2) is 0 Å². The molecule has 4 heterocycles. The average Bonchev–Trinajstić information content (AvgIpc) is 3.25. The zero-order valence-corrected chi connectivity index (χ0v) is 18.7. The van der Waals surface area contributed by atoms with Crippen LogP contribution in [0.5, 0.6) is 5.88 Å². The molecular formula is C20H17ClF3N5O3S. The number of pyridine rings is 1. The fraction of sp³-hybridized carbons (Fsp3) is 0.300. The van der Waals surface area contributed by atoms with E-state index in [1.807, 2.05) is 0 Å². The minimum Gasteiger partial charge on any atom is -0.480 e. The molecule has 0 radical (unpaired) electrons. The minimum atomic E-state index is -4.43. The third-order valence-electron chi connectivity index (χ3n) is 4.89. The predicted octanol–water partition coefficient (Wildman–Crippen LogP) is 3.09. The molecule has 0 amide bonds. The van der Waals surface area contributed by atoms with Crippen LogP contribution in [-0.4, -0.2) is 50.9 Å². The maximum atomic E-state index is 12.8. The molecule has 8 nitrogen and oxygen atoms in total. The number of aliphatic hydroxyl groups is 1. The average molecular weight is 500 g/mol. The van der Waals surface area contributed by atoms with E-state index in [0.717, 1.165) is 10.6 Å². The Hall–Kier alpha value is -2.96. The number of rotatable bonds is 5. The lowest BCUT2D eigenvalue weighted by atomic mass is 10.0. The Morgan fingerprint density at radius 3 is 2.70 bits per heavy atom. The Labute approximate surface area is 194 Å². The van der Waals surface area contributed by atoms with Crippen molar-refractivity contribution in [3.8, 4) is 5.88 Å². The van der Waals surface area contributed by atoms with E-state index in [4.69, 9.17) is 16.3 Å². The third-order valence-corrected chi connectivity index (χ3v) is 6.29. The van der Waals surface area contributed by atoms with Gasteiger partial charge in [0.25, 0.3) is 0 Å². The van der Waals surface area contributed by atoms with E-state index in [0.29, 0.717) is 39.0 Å². The maximum Gasteiger partial charge on any atom is 0.425 e. The number of thiophene rings is 1. The first-order valence-electron chi connectivity index (χ1n) is 9.59. The SMILES string of the molecule is COc1nc(C2=CCN(c3ncn(Cc4ccc(C(F)(F)F)s4)c(=O)n3)C[C@@H]2O)ccc1Cl. The molecule has 0 saturated carbocycles. The Morgan fingerprint density at radius 1 is 1.27 bits per heavy atom. The number of ether oxygens (including phenoxy) is 1. The second-order valence-electron chi connectivity index (χ2n) is 7.10. The van der Waals surface area contributed by atoms with E-state index in [9.17, 15) is 23.1 Å². The summed E-state index contributed by atoms with van der Waals surface area (Å²) >= 11 is 6.56. The normalized spacial score (nSPS) is 16.6. The van der Waals surface area contributed by atoms with Crippen LogP contribution in [0, 0.1) is 0 Å². The van der Waals surface area contributed by atoms with Crippen molar-refractivity contribution < 1.29 is 23.0 Å². The van der Waals surface area contributed by atoms with Gasteiger partial charge in [-0.05, 0) is 24.3 Å². The van der Waals surface area contributed by atoms with Crippen molar-refractivity contribution in [2.75, 3.05) is 25.1 Å². The van der Waals surface area contributed by atoms with Crippen LogP contribution in [0.4, 0.5) is 19.1 Å². The van der Waals surface area contributed by atoms with E-state index in [1.165, 1.54) is 19.5 Å². The highest BCUT2D eigenvalue weighted by atomic mass is 35.5. The largest absolute Gasteiger partial charge is 0.480 e. The van der Waals surface area contributed by atoms with Crippen LogP contribution < -0.4 is 15.3 Å². The summed E-state index contributed by atoms with van der Waals surface area (Å²) in [7, 11) is 1.44. The van der Waals surface area contributed by atoms with Gasteiger partial charge in [0.2, 0.25) is 11.8 Å². The second-order valence-corrected chi connectivity index (χ2v) is 8.67. The predicted molar refractivity (Wildman–Crippen MR) is 117 cm³/mol. The van der Waals surface area contributed by atoms with E-state index in [-0.39, 0.29) is 24.9 Å². The molecule has 0 unspecified atom stereocenters. The first-order valence-corrected chi connectivity index (χ1v) is 10.8. The number of anilines is 1. The van der Waals surface area contributed by atoms with Crippen LogP contribution >= 0.6 is 22.9 Å². The molecule has 0 aliphatic carbocycles. The van der Waals surface area contributed by atoms with E-state index >= 15 is 0 Å². The van der Waals surface area contributed by atoms with Gasteiger partial charge in [0.05, 0.1) is 32.0 Å². The van der Waals surface area contributed by atoms with Crippen molar-refractivity contribution >= 4 is 34.5 Å². The van der Waals surface area contributed by atoms with Crippen molar-refractivity contribution in [2.45, 2.75) is 18.8 Å². The van der Waals surface area contributed by atoms with Gasteiger partial charge in [-0.15, -0.1) is 11.3 Å². The quantitative estimate of drug-likeness (QED) is 0.576. The summed E-state index contributed by atoms with van der Waals surface area (Å²) in [6.07, 6.45) is -2.39. The highest BCUT2D eigenvalue weighted by molar-refractivity contribution is 7.12. The Morgan fingerprint density at radius 2 is 2.06 bits per heavy atom. The Bertz CT molecular complexity index is 1260. The standard InChI is InChI=1S/C20H17ClF3N5O3S/c1-32-17-13(21)3-4-14(26-17)12-6-7-28(9-15(12)30)18-25-10-29(19(31)27-18)8-11-2-5-16(33-11)20(22,23)24/h2-6,10,15,30H,7-9H2,1H3/t15-/m0/s1. The molecule has 0 bridgehead atoms. The summed E-state index contributed by atoms with van der Waals surface area (Å²) in [6.45, 7) is 0.348. The van der Waals surface area contributed by atoms with Crippen LogP contribution in [0.15, 0.2) is 41.5 Å². The lowest BCUT2D eigenvalue weighted by molar-refractivity contribution is -0.134. The van der Waals surface area contributed by atoms with Gasteiger partial charge >= 0.3 is 11.9 Å². The zero-order valence-electron chi connectivity index (χ0n) is 17.1. The summed E-state index contributed by atoms with van der Waals surface area (Å²) in [5.74, 6) is 0.346. The van der Waals surface area contributed by atoms with Crippen LogP contribution in [0.25, 0.3) is 5.57 Å². The van der Waals surface area contributed by atoms with Crippen molar-refractivity contribution in [3.63, 3.8) is 0 Å². The smallest absolute Gasteiger partial charge is 0.425 e. The summed E-state index contributed by atoms with van der Waals surface area (Å²) < 4.78 is 44.6. The molecule has 4 rings (SSSR count). The molecule has 1 aliphatic rings. The molecule has 1 atom stereocenters. The lowest BCUT2D eigenvalue weighted by Crippen LogP contribution is -2.40. The number of methoxy groups -OCH3 is 1. The summed E-state index contributed by atoms with van der Waals surface area (Å²) in [6, 6.07) is 5.59. The molecular weight excluding hydrogens is 483 g/mol. The number of alkyl halides is 3. The van der Waals surface area contributed by atoms with Gasteiger partial charge in [-0.1, -0.05) is 17.7 Å². The number of hydrogen-bond donors (Lipinski definition) is 1. The highest BCUT2D eigenvalue weighted by Gasteiger charge is 2.32. The number of hydrogen-bond acceptors (Lipinski definition) is 8. The molecule has 0 spiro atoms. The fourth-order valence-corrected chi connectivity index (χ4v) is 4.34. The molecule has 13 heteroatoms. The van der Waals surface area contributed by atoms with E-state index < -0.39 is 22.8 Å². The minimum absolute atomic E-state index is 0.0728. The molecule has 3 aromatic rings. The molecule has 1 N–H and O–H groups in total. The van der Waals surface area contributed by atoms with Gasteiger partial charge < -0.3 is 14.7 Å². The van der Waals surface area contributed by atoms with Crippen LogP contribution in [0.1, 0.15) is 15.4 Å². The van der Waals surface area contributed by atoms with Gasteiger partial charge in [0, 0.05) is 17.0 Å². The number of aromatic nitrogens is 4. The summed E-state index contributed by atoms with van der Waals surface area (Å²) in [4.78, 5) is 26.0. The first-order chi connectivity index (χ1) is 15.7. The molecule has 3 aromatic heterocycles. The molecule has 0 fully saturated rings. The van der Waals surface area contributed by atoms with Crippen molar-refractivity contribution in [1.29, 1.82) is 0 Å². The Kier molecular flexibility index (Phi) is 6.41. The Balaban J connectivity index is 1.50. The van der Waals surface area contributed by atoms with Gasteiger partial charge in [-0.25, -0.2) is 14.8 Å². The molecule has 174 valence electrons. The highest BCUT2D eigenvalue weighted by Crippen LogP contribution is 2.34. The number of aliphatic hydroxyl groups excluding tert-OH is 1.